The number of amides is 2. The van der Waals surface area contributed by atoms with Crippen LogP contribution in [0.3, 0.4) is 0 Å². The zero-order chi connectivity index (χ0) is 31.1. The van der Waals surface area contributed by atoms with Crippen LogP contribution in [0.2, 0.25) is 0 Å². The quantitative estimate of drug-likeness (QED) is 0.406. The molecule has 41 heavy (non-hydrogen) atoms. The van der Waals surface area contributed by atoms with Crippen LogP contribution >= 0.6 is 11.3 Å². The number of carboxylic acid groups (broad SMARTS) is 1. The summed E-state index contributed by atoms with van der Waals surface area (Å²) in [5.74, 6) is -0.776. The van der Waals surface area contributed by atoms with Crippen LogP contribution in [0, 0.1) is 0 Å². The van der Waals surface area contributed by atoms with Crippen molar-refractivity contribution >= 4 is 44.7 Å². The van der Waals surface area contributed by atoms with Crippen LogP contribution in [0.1, 0.15) is 32.7 Å². The molecule has 0 saturated heterocycles. The predicted molar refractivity (Wildman–Crippen MR) is 133 cm³/mol. The fraction of sp³-hybridized carbons (Fsp3) is 0.500. The third-order valence-corrected chi connectivity index (χ3v) is 8.61. The van der Waals surface area contributed by atoms with E-state index in [0.29, 0.717) is 18.2 Å². The zero-order valence-corrected chi connectivity index (χ0v) is 23.4. The van der Waals surface area contributed by atoms with E-state index in [1.165, 1.54) is 13.8 Å². The summed E-state index contributed by atoms with van der Waals surface area (Å²) < 4.78 is 121. The number of fused-ring (bicyclic) bond motifs is 1. The van der Waals surface area contributed by atoms with Crippen molar-refractivity contribution in [2.75, 3.05) is 28.9 Å². The van der Waals surface area contributed by atoms with Gasteiger partial charge in [0.15, 0.2) is 0 Å². The largest absolute Gasteiger partial charge is 0.484 e. The van der Waals surface area contributed by atoms with E-state index in [9.17, 15) is 49.5 Å². The maximum atomic E-state index is 13.8. The van der Waals surface area contributed by atoms with Gasteiger partial charge in [-0.3, -0.25) is 14.0 Å². The van der Waals surface area contributed by atoms with E-state index in [1.54, 1.807) is 0 Å². The van der Waals surface area contributed by atoms with Crippen molar-refractivity contribution < 1.29 is 58.9 Å². The molecule has 1 aromatic heterocycles. The minimum absolute atomic E-state index is 0.0301. The number of thiazole rings is 1. The minimum atomic E-state index is -5.06. The van der Waals surface area contributed by atoms with Gasteiger partial charge < -0.3 is 19.9 Å². The first kappa shape index (κ1) is 32.0. The van der Waals surface area contributed by atoms with Gasteiger partial charge >= 0.3 is 18.4 Å². The Labute approximate surface area is 233 Å². The average Bonchev–Trinajstić information content (AvgIpc) is 3.27. The van der Waals surface area contributed by atoms with Crippen LogP contribution in [0.5, 0.6) is 10.8 Å². The number of benzene rings is 1. The van der Waals surface area contributed by atoms with E-state index >= 15 is 0 Å². The number of ether oxygens (including phenoxy) is 2. The van der Waals surface area contributed by atoms with Crippen LogP contribution in [0.15, 0.2) is 23.2 Å². The van der Waals surface area contributed by atoms with Crippen molar-refractivity contribution in [3.8, 4) is 10.8 Å². The maximum Gasteiger partial charge on any atom is 0.443 e. The molecule has 0 bridgehead atoms. The number of carbonyl (C=O) groups excluding carboxylic acids is 1. The van der Waals surface area contributed by atoms with E-state index in [-0.39, 0.29) is 35.1 Å². The number of nitrogens with one attached hydrogen (secondary N) is 1. The third kappa shape index (κ3) is 6.39. The fourth-order valence-corrected chi connectivity index (χ4v) is 6.42. The second kappa shape index (κ2) is 11.1. The van der Waals surface area contributed by atoms with Gasteiger partial charge in [0.05, 0.1) is 31.1 Å². The second-order valence-corrected chi connectivity index (χ2v) is 11.8. The number of sulfonamides is 1. The number of carbonyl (C=O) groups is 2. The lowest BCUT2D eigenvalue weighted by Crippen LogP contribution is -2.57. The van der Waals surface area contributed by atoms with Crippen LogP contribution < -0.4 is 24.0 Å². The first-order valence-corrected chi connectivity index (χ1v) is 13.9. The van der Waals surface area contributed by atoms with Crippen LogP contribution in [-0.4, -0.2) is 68.0 Å². The summed E-state index contributed by atoms with van der Waals surface area (Å²) in [5, 5.41) is 8.75. The van der Waals surface area contributed by atoms with Crippen LogP contribution in [0.4, 0.5) is 42.5 Å². The monoisotopic (exact) mass is 634 g/mol. The molecule has 3 rings (SSSR count). The highest BCUT2D eigenvalue weighted by Crippen LogP contribution is 2.46. The fourth-order valence-electron chi connectivity index (χ4n) is 3.73. The number of anilines is 2. The Hall–Kier alpha value is -3.48. The Morgan fingerprint density at radius 2 is 1.88 bits per heavy atom. The standard InChI is InChI=1S/C22H24F6N4O7S2/c1-5-38-17-16(30-18(40-17)21(23,24)25)41(36,37)31-10-13(9-29-11(2)33)39-15-7-6-12(8-14(15)31)32(19(34)35)20(3,4)22(26,27)28/h6-8,13H,5,9-10H2,1-4H3,(H,29,33)(H,34,35)/t13-/m0/s1. The normalized spacial score (nSPS) is 16.0. The first-order valence-electron chi connectivity index (χ1n) is 11.6. The smallest absolute Gasteiger partial charge is 0.443 e. The number of halogens is 6. The third-order valence-electron chi connectivity index (χ3n) is 5.77. The number of aromatic nitrogens is 1. The molecule has 0 aliphatic carbocycles. The SMILES string of the molecule is CCOc1sc(C(F)(F)F)nc1S(=O)(=O)N1C[C@H](CNC(C)=O)Oc2ccc(N(C(=O)O)C(C)(C)C(F)(F)F)cc21. The Balaban J connectivity index is 2.24. The Kier molecular flexibility index (Phi) is 8.65. The van der Waals surface area contributed by atoms with Crippen molar-refractivity contribution in [1.29, 1.82) is 0 Å². The molecule has 0 unspecified atom stereocenters. The zero-order valence-electron chi connectivity index (χ0n) is 21.8. The summed E-state index contributed by atoms with van der Waals surface area (Å²) in [6.45, 7) is 2.63. The molecule has 228 valence electrons. The summed E-state index contributed by atoms with van der Waals surface area (Å²) in [4.78, 5) is 26.6. The van der Waals surface area contributed by atoms with Gasteiger partial charge in [-0.1, -0.05) is 11.3 Å². The highest BCUT2D eigenvalue weighted by Gasteiger charge is 2.54. The van der Waals surface area contributed by atoms with E-state index in [0.717, 1.165) is 18.2 Å². The molecule has 1 atom stereocenters. The molecule has 11 nitrogen and oxygen atoms in total. The Morgan fingerprint density at radius 1 is 1.24 bits per heavy atom. The van der Waals surface area contributed by atoms with Gasteiger partial charge in [-0.15, -0.1) is 0 Å². The maximum absolute atomic E-state index is 13.8. The average molecular weight is 635 g/mol. The summed E-state index contributed by atoms with van der Waals surface area (Å²) in [6.07, 6.45) is -13.2. The molecule has 0 radical (unpaired) electrons. The molecule has 1 aromatic carbocycles. The van der Waals surface area contributed by atoms with E-state index in [4.69, 9.17) is 9.47 Å². The van der Waals surface area contributed by atoms with Gasteiger partial charge in [0.1, 0.15) is 17.4 Å². The van der Waals surface area contributed by atoms with Gasteiger partial charge in [0, 0.05) is 6.92 Å². The number of hydrogen-bond donors (Lipinski definition) is 2. The first-order chi connectivity index (χ1) is 18.7. The van der Waals surface area contributed by atoms with Crippen molar-refractivity contribution in [2.24, 2.45) is 0 Å². The van der Waals surface area contributed by atoms with Crippen molar-refractivity contribution in [2.45, 2.75) is 56.7 Å². The lowest BCUT2D eigenvalue weighted by Gasteiger charge is -2.39. The van der Waals surface area contributed by atoms with Gasteiger partial charge in [-0.05, 0) is 39.0 Å². The highest BCUT2D eigenvalue weighted by atomic mass is 32.2. The van der Waals surface area contributed by atoms with Crippen molar-refractivity contribution in [1.82, 2.24) is 10.3 Å². The predicted octanol–water partition coefficient (Wildman–Crippen LogP) is 4.48. The van der Waals surface area contributed by atoms with E-state index < -0.39 is 79.0 Å². The molecule has 0 spiro atoms. The molecule has 2 N–H and O–H groups in total. The topological polar surface area (TPSA) is 138 Å². The Bertz CT molecular complexity index is 1430. The Morgan fingerprint density at radius 3 is 2.39 bits per heavy atom. The van der Waals surface area contributed by atoms with Gasteiger partial charge in [-0.2, -0.15) is 34.8 Å². The lowest BCUT2D eigenvalue weighted by molar-refractivity contribution is -0.175. The van der Waals surface area contributed by atoms with E-state index in [2.05, 4.69) is 10.3 Å². The highest BCUT2D eigenvalue weighted by molar-refractivity contribution is 7.93. The number of hydrogen-bond acceptors (Lipinski definition) is 8. The second-order valence-electron chi connectivity index (χ2n) is 9.08. The van der Waals surface area contributed by atoms with Crippen LogP contribution in [0.25, 0.3) is 0 Å². The molecule has 0 saturated carbocycles. The van der Waals surface area contributed by atoms with Crippen molar-refractivity contribution in [3.05, 3.63) is 23.2 Å². The summed E-state index contributed by atoms with van der Waals surface area (Å²) in [6, 6.07) is 2.75. The molecule has 2 aromatic rings. The molecule has 2 amide bonds. The van der Waals surface area contributed by atoms with Crippen molar-refractivity contribution in [3.63, 3.8) is 0 Å². The molecule has 19 heteroatoms. The van der Waals surface area contributed by atoms with E-state index in [1.807, 2.05) is 0 Å². The molecule has 1 aliphatic heterocycles. The van der Waals surface area contributed by atoms with Gasteiger partial charge in [0.2, 0.25) is 21.0 Å². The molecular weight excluding hydrogens is 610 g/mol. The molecular formula is C22H24F6N4O7S2. The number of nitrogens with zero attached hydrogens (tertiary/aromatic N) is 3. The summed E-state index contributed by atoms with van der Waals surface area (Å²) in [5.41, 5.74) is -4.07. The molecule has 0 fully saturated rings. The van der Waals surface area contributed by atoms with Crippen LogP contribution in [-0.2, 0) is 21.0 Å². The van der Waals surface area contributed by atoms with Gasteiger partial charge in [0.25, 0.3) is 10.0 Å². The number of alkyl halides is 6. The minimum Gasteiger partial charge on any atom is -0.484 e. The van der Waals surface area contributed by atoms with Gasteiger partial charge in [-0.25, -0.2) is 9.78 Å². The molecule has 2 heterocycles. The summed E-state index contributed by atoms with van der Waals surface area (Å²) >= 11 is -0.0671. The number of rotatable bonds is 8. The summed E-state index contributed by atoms with van der Waals surface area (Å²) in [7, 11) is -5.04. The molecule has 1 aliphatic rings. The lowest BCUT2D eigenvalue weighted by atomic mass is 10.0.